The topological polar surface area (TPSA) is 121 Å². The molecule has 1 heterocycles. The largest absolute Gasteiger partial charge is 0.502 e. The predicted molar refractivity (Wildman–Crippen MR) is 131 cm³/mol. The highest BCUT2D eigenvalue weighted by molar-refractivity contribution is 5.89. The molecule has 35 heavy (non-hydrogen) atoms. The fraction of sp³-hybridized carbons (Fsp3) is 0.115. The Balaban J connectivity index is 1.93. The summed E-state index contributed by atoms with van der Waals surface area (Å²) in [6, 6.07) is 14.3. The molecule has 4 rings (SSSR count). The lowest BCUT2D eigenvalue weighted by Crippen LogP contribution is -2.04. The van der Waals surface area contributed by atoms with Gasteiger partial charge in [-0.05, 0) is 35.4 Å². The molecule has 178 valence electrons. The molecule has 0 radical (unpaired) electrons. The summed E-state index contributed by atoms with van der Waals surface area (Å²) in [5.74, 6) is 0.663. The number of aromatic hydroxyl groups is 1. The van der Waals surface area contributed by atoms with Gasteiger partial charge in [-0.15, -0.1) is 0 Å². The monoisotopic (exact) mass is 475 g/mol. The highest BCUT2D eigenvalue weighted by Crippen LogP contribution is 2.42. The lowest BCUT2D eigenvalue weighted by atomic mass is 10.00. The lowest BCUT2D eigenvalue weighted by molar-refractivity contribution is -0.384. The van der Waals surface area contributed by atoms with E-state index in [-0.39, 0.29) is 22.4 Å². The number of hydrogen-bond acceptors (Lipinski definition) is 8. The summed E-state index contributed by atoms with van der Waals surface area (Å²) >= 11 is 0. The molecule has 0 aliphatic carbocycles. The molecule has 0 bridgehead atoms. The van der Waals surface area contributed by atoms with Crippen molar-refractivity contribution < 1.29 is 28.7 Å². The van der Waals surface area contributed by atoms with E-state index in [2.05, 4.69) is 0 Å². The predicted octanol–water partition coefficient (Wildman–Crippen LogP) is 5.27. The first kappa shape index (κ1) is 23.4. The molecule has 0 spiro atoms. The molecular formula is C26H21NO8. The standard InChI is InChI=1S/C26H21NO8/c1-32-18-9-5-15(6-10-18)4-7-16-12-19(33-2)14-22(34-3)23(16)26-25(29)24(28)20-13-17(27(30)31)8-11-21(20)35-26/h4-14,29H,1-3H3/b7-4+. The molecule has 0 atom stereocenters. The fourth-order valence-electron chi connectivity index (χ4n) is 3.62. The van der Waals surface area contributed by atoms with Gasteiger partial charge in [-0.2, -0.15) is 0 Å². The molecule has 0 amide bonds. The summed E-state index contributed by atoms with van der Waals surface area (Å²) in [5.41, 5.74) is 0.714. The number of benzene rings is 3. The number of non-ortho nitro benzene ring substituents is 1. The Morgan fingerprint density at radius 2 is 1.63 bits per heavy atom. The van der Waals surface area contributed by atoms with Gasteiger partial charge in [0.1, 0.15) is 22.8 Å². The van der Waals surface area contributed by atoms with Crippen molar-refractivity contribution in [2.75, 3.05) is 21.3 Å². The normalized spacial score (nSPS) is 11.1. The van der Waals surface area contributed by atoms with Crippen LogP contribution in [0.25, 0.3) is 34.4 Å². The Hall–Kier alpha value is -4.79. The van der Waals surface area contributed by atoms with Gasteiger partial charge in [-0.3, -0.25) is 14.9 Å². The number of nitro groups is 1. The molecular weight excluding hydrogens is 454 g/mol. The third-order valence-corrected chi connectivity index (χ3v) is 5.42. The van der Waals surface area contributed by atoms with Crippen LogP contribution in [0, 0.1) is 10.1 Å². The number of ether oxygens (including phenoxy) is 3. The van der Waals surface area contributed by atoms with E-state index in [0.29, 0.717) is 28.4 Å². The van der Waals surface area contributed by atoms with Gasteiger partial charge in [0.2, 0.25) is 11.2 Å². The van der Waals surface area contributed by atoms with Crippen molar-refractivity contribution in [2.24, 2.45) is 0 Å². The van der Waals surface area contributed by atoms with E-state index < -0.39 is 16.1 Å². The Morgan fingerprint density at radius 1 is 0.914 bits per heavy atom. The smallest absolute Gasteiger partial charge is 0.270 e. The molecule has 4 aromatic rings. The highest BCUT2D eigenvalue weighted by atomic mass is 16.6. The first-order valence-electron chi connectivity index (χ1n) is 10.4. The molecule has 9 heteroatoms. The molecule has 0 unspecified atom stereocenters. The molecule has 0 saturated carbocycles. The zero-order valence-corrected chi connectivity index (χ0v) is 19.1. The Morgan fingerprint density at radius 3 is 2.26 bits per heavy atom. The second-order valence-electron chi connectivity index (χ2n) is 7.45. The summed E-state index contributed by atoms with van der Waals surface area (Å²) in [4.78, 5) is 23.4. The van der Waals surface area contributed by atoms with Crippen LogP contribution in [-0.2, 0) is 0 Å². The average molecular weight is 475 g/mol. The Labute approximate surface area is 199 Å². The van der Waals surface area contributed by atoms with Gasteiger partial charge in [0, 0.05) is 18.2 Å². The third kappa shape index (κ3) is 4.51. The van der Waals surface area contributed by atoms with Crippen LogP contribution in [0.15, 0.2) is 63.8 Å². The fourth-order valence-corrected chi connectivity index (χ4v) is 3.62. The second-order valence-corrected chi connectivity index (χ2v) is 7.45. The molecule has 0 aliphatic rings. The van der Waals surface area contributed by atoms with Crippen molar-refractivity contribution >= 4 is 28.8 Å². The molecule has 0 fully saturated rings. The first-order chi connectivity index (χ1) is 16.9. The van der Waals surface area contributed by atoms with E-state index in [9.17, 15) is 20.0 Å². The first-order valence-corrected chi connectivity index (χ1v) is 10.4. The summed E-state index contributed by atoms with van der Waals surface area (Å²) in [7, 11) is 4.53. The maximum absolute atomic E-state index is 12.9. The molecule has 0 aliphatic heterocycles. The van der Waals surface area contributed by atoms with Crippen LogP contribution in [0.5, 0.6) is 23.0 Å². The zero-order valence-electron chi connectivity index (χ0n) is 19.1. The van der Waals surface area contributed by atoms with E-state index in [1.807, 2.05) is 30.3 Å². The van der Waals surface area contributed by atoms with E-state index in [0.717, 1.165) is 11.6 Å². The van der Waals surface area contributed by atoms with Crippen LogP contribution in [0.1, 0.15) is 11.1 Å². The molecule has 9 nitrogen and oxygen atoms in total. The minimum Gasteiger partial charge on any atom is -0.502 e. The van der Waals surface area contributed by atoms with E-state index in [4.69, 9.17) is 18.6 Å². The number of rotatable bonds is 7. The molecule has 3 aromatic carbocycles. The Kier molecular flexibility index (Phi) is 6.41. The van der Waals surface area contributed by atoms with Crippen molar-refractivity contribution in [2.45, 2.75) is 0 Å². The van der Waals surface area contributed by atoms with Gasteiger partial charge >= 0.3 is 0 Å². The van der Waals surface area contributed by atoms with Crippen molar-refractivity contribution in [1.82, 2.24) is 0 Å². The van der Waals surface area contributed by atoms with Gasteiger partial charge in [0.25, 0.3) is 5.69 Å². The van der Waals surface area contributed by atoms with Crippen LogP contribution in [0.2, 0.25) is 0 Å². The van der Waals surface area contributed by atoms with Crippen LogP contribution >= 0.6 is 0 Å². The molecule has 1 aromatic heterocycles. The number of fused-ring (bicyclic) bond motifs is 1. The maximum atomic E-state index is 12.9. The maximum Gasteiger partial charge on any atom is 0.270 e. The van der Waals surface area contributed by atoms with Crippen LogP contribution in [-0.4, -0.2) is 31.4 Å². The van der Waals surface area contributed by atoms with Crippen LogP contribution in [0.3, 0.4) is 0 Å². The van der Waals surface area contributed by atoms with Gasteiger partial charge in [-0.1, -0.05) is 24.3 Å². The van der Waals surface area contributed by atoms with Crippen molar-refractivity contribution in [3.63, 3.8) is 0 Å². The number of nitro benzene ring substituents is 1. The van der Waals surface area contributed by atoms with Crippen molar-refractivity contribution in [1.29, 1.82) is 0 Å². The average Bonchev–Trinajstić information content (AvgIpc) is 2.89. The lowest BCUT2D eigenvalue weighted by Gasteiger charge is -2.15. The summed E-state index contributed by atoms with van der Waals surface area (Å²) in [6.07, 6.45) is 3.60. The number of methoxy groups -OCH3 is 3. The van der Waals surface area contributed by atoms with Crippen molar-refractivity contribution in [3.8, 4) is 34.3 Å². The Bertz CT molecular complexity index is 1500. The second kappa shape index (κ2) is 9.60. The third-order valence-electron chi connectivity index (χ3n) is 5.42. The quantitative estimate of drug-likeness (QED) is 0.218. The van der Waals surface area contributed by atoms with Crippen LogP contribution < -0.4 is 19.6 Å². The van der Waals surface area contributed by atoms with E-state index in [1.54, 1.807) is 25.3 Å². The SMILES string of the molecule is COc1ccc(/C=C/c2cc(OC)cc(OC)c2-c2oc3ccc([N+](=O)[O-])cc3c(=O)c2O)cc1. The highest BCUT2D eigenvalue weighted by Gasteiger charge is 2.23. The summed E-state index contributed by atoms with van der Waals surface area (Å²) in [5, 5.41) is 21.8. The number of hydrogen-bond donors (Lipinski definition) is 1. The molecule has 0 saturated heterocycles. The van der Waals surface area contributed by atoms with Gasteiger partial charge in [0.05, 0.1) is 37.2 Å². The minimum atomic E-state index is -0.798. The van der Waals surface area contributed by atoms with E-state index >= 15 is 0 Å². The van der Waals surface area contributed by atoms with Crippen molar-refractivity contribution in [3.05, 3.63) is 86.1 Å². The summed E-state index contributed by atoms with van der Waals surface area (Å²) in [6.45, 7) is 0. The number of nitrogens with zero attached hydrogens (tertiary/aromatic N) is 1. The van der Waals surface area contributed by atoms with Gasteiger partial charge in [-0.25, -0.2) is 0 Å². The van der Waals surface area contributed by atoms with Crippen LogP contribution in [0.4, 0.5) is 5.69 Å². The zero-order chi connectivity index (χ0) is 25.1. The van der Waals surface area contributed by atoms with Gasteiger partial charge in [0.15, 0.2) is 5.76 Å². The van der Waals surface area contributed by atoms with Gasteiger partial charge < -0.3 is 23.7 Å². The minimum absolute atomic E-state index is 0.0800. The van der Waals surface area contributed by atoms with E-state index in [1.165, 1.54) is 26.4 Å². The summed E-state index contributed by atoms with van der Waals surface area (Å²) < 4.78 is 22.0. The molecule has 1 N–H and O–H groups in total.